The fraction of sp³-hybridized carbons (Fsp3) is 0.474. The van der Waals surface area contributed by atoms with E-state index >= 15 is 0 Å². The van der Waals surface area contributed by atoms with Gasteiger partial charge in [0.2, 0.25) is 21.8 Å². The molecule has 8 heteroatoms. The minimum atomic E-state index is -3.61. The Labute approximate surface area is 160 Å². The summed E-state index contributed by atoms with van der Waals surface area (Å²) in [5.41, 5.74) is 1.67. The highest BCUT2D eigenvalue weighted by molar-refractivity contribution is 7.89. The summed E-state index contributed by atoms with van der Waals surface area (Å²) < 4.78 is 27.4. The molecule has 0 spiro atoms. The van der Waals surface area contributed by atoms with Crippen molar-refractivity contribution in [3.05, 3.63) is 36.4 Å². The van der Waals surface area contributed by atoms with Crippen LogP contribution in [-0.2, 0) is 26.0 Å². The number of hydrogen-bond donors (Lipinski definition) is 1. The number of benzene rings is 1. The largest absolute Gasteiger partial charge is 0.352 e. The zero-order valence-corrected chi connectivity index (χ0v) is 16.3. The maximum Gasteiger partial charge on any atom is 0.243 e. The van der Waals surface area contributed by atoms with Crippen molar-refractivity contribution in [2.75, 3.05) is 31.1 Å². The molecule has 0 atom stereocenters. The smallest absolute Gasteiger partial charge is 0.243 e. The molecule has 2 amide bonds. The molecule has 1 aromatic carbocycles. The van der Waals surface area contributed by atoms with E-state index in [2.05, 4.69) is 11.9 Å². The van der Waals surface area contributed by atoms with Gasteiger partial charge in [-0.2, -0.15) is 4.31 Å². The summed E-state index contributed by atoms with van der Waals surface area (Å²) in [4.78, 5) is 25.6. The molecule has 2 aliphatic rings. The van der Waals surface area contributed by atoms with E-state index in [0.29, 0.717) is 45.4 Å². The third-order valence-electron chi connectivity index (χ3n) is 5.21. The summed E-state index contributed by atoms with van der Waals surface area (Å²) in [5, 5.41) is 2.77. The number of sulfonamides is 1. The van der Waals surface area contributed by atoms with Crippen molar-refractivity contribution in [2.45, 2.75) is 31.1 Å². The van der Waals surface area contributed by atoms with Crippen molar-refractivity contribution < 1.29 is 18.0 Å². The monoisotopic (exact) mass is 391 g/mol. The summed E-state index contributed by atoms with van der Waals surface area (Å²) in [6, 6.07) is 4.96. The van der Waals surface area contributed by atoms with Gasteiger partial charge in [0.05, 0.1) is 4.90 Å². The molecule has 1 N–H and O–H groups in total. The molecule has 0 aliphatic carbocycles. The number of carbonyl (C=O) groups is 2. The Kier molecular flexibility index (Phi) is 5.67. The molecule has 0 aromatic heterocycles. The summed E-state index contributed by atoms with van der Waals surface area (Å²) in [6.45, 7) is 6.73. The molecule has 3 rings (SSSR count). The topological polar surface area (TPSA) is 86.8 Å². The van der Waals surface area contributed by atoms with Gasteiger partial charge in [0.15, 0.2) is 0 Å². The third kappa shape index (κ3) is 3.91. The summed E-state index contributed by atoms with van der Waals surface area (Å²) >= 11 is 0. The number of nitrogens with one attached hydrogen (secondary N) is 1. The lowest BCUT2D eigenvalue weighted by Crippen LogP contribution is -2.43. The zero-order valence-electron chi connectivity index (χ0n) is 15.5. The van der Waals surface area contributed by atoms with E-state index in [1.54, 1.807) is 29.2 Å². The Morgan fingerprint density at radius 3 is 2.59 bits per heavy atom. The molecule has 1 saturated heterocycles. The SMILES string of the molecule is C=CCNC(=O)C1CCN(S(=O)(=O)c2ccc3c(c2)CCN3C(C)=O)CC1. The maximum absolute atomic E-state index is 13.0. The first kappa shape index (κ1) is 19.6. The van der Waals surface area contributed by atoms with Gasteiger partial charge in [-0.05, 0) is 43.0 Å². The van der Waals surface area contributed by atoms with E-state index in [1.807, 2.05) is 0 Å². The molecule has 0 unspecified atom stereocenters. The molecule has 1 fully saturated rings. The van der Waals surface area contributed by atoms with E-state index in [1.165, 1.54) is 11.2 Å². The first-order valence-electron chi connectivity index (χ1n) is 9.14. The van der Waals surface area contributed by atoms with Crippen LogP contribution in [0.15, 0.2) is 35.7 Å². The van der Waals surface area contributed by atoms with Crippen LogP contribution in [0.5, 0.6) is 0 Å². The number of amides is 2. The van der Waals surface area contributed by atoms with Crippen molar-refractivity contribution in [3.63, 3.8) is 0 Å². The van der Waals surface area contributed by atoms with E-state index in [9.17, 15) is 18.0 Å². The van der Waals surface area contributed by atoms with Gasteiger partial charge in [0.25, 0.3) is 0 Å². The highest BCUT2D eigenvalue weighted by Gasteiger charge is 2.33. The minimum absolute atomic E-state index is 0.0406. The van der Waals surface area contributed by atoms with Crippen molar-refractivity contribution in [2.24, 2.45) is 5.92 Å². The average Bonchev–Trinajstić information content (AvgIpc) is 3.09. The molecule has 1 aromatic rings. The molecule has 7 nitrogen and oxygen atoms in total. The number of carbonyl (C=O) groups excluding carboxylic acids is 2. The predicted molar refractivity (Wildman–Crippen MR) is 103 cm³/mol. The zero-order chi connectivity index (χ0) is 19.6. The summed E-state index contributed by atoms with van der Waals surface area (Å²) in [7, 11) is -3.61. The Morgan fingerprint density at radius 1 is 1.26 bits per heavy atom. The fourth-order valence-electron chi connectivity index (χ4n) is 3.69. The summed E-state index contributed by atoms with van der Waals surface area (Å²) in [5.74, 6) is -0.254. The van der Waals surface area contributed by atoms with Crippen LogP contribution >= 0.6 is 0 Å². The minimum Gasteiger partial charge on any atom is -0.352 e. The van der Waals surface area contributed by atoms with Gasteiger partial charge in [-0.3, -0.25) is 9.59 Å². The Bertz CT molecular complexity index is 858. The lowest BCUT2D eigenvalue weighted by molar-refractivity contribution is -0.125. The van der Waals surface area contributed by atoms with Crippen LogP contribution in [0.3, 0.4) is 0 Å². The van der Waals surface area contributed by atoms with Gasteiger partial charge in [-0.1, -0.05) is 6.08 Å². The highest BCUT2D eigenvalue weighted by atomic mass is 32.2. The molecule has 0 radical (unpaired) electrons. The lowest BCUT2D eigenvalue weighted by Gasteiger charge is -2.30. The van der Waals surface area contributed by atoms with E-state index in [0.717, 1.165) is 11.3 Å². The van der Waals surface area contributed by atoms with Crippen molar-refractivity contribution in [1.29, 1.82) is 0 Å². The molecular weight excluding hydrogens is 366 g/mol. The number of piperidine rings is 1. The highest BCUT2D eigenvalue weighted by Crippen LogP contribution is 2.32. The van der Waals surface area contributed by atoms with Crippen LogP contribution in [0.4, 0.5) is 5.69 Å². The molecular formula is C19H25N3O4S. The van der Waals surface area contributed by atoms with Gasteiger partial charge in [-0.25, -0.2) is 8.42 Å². The molecule has 0 bridgehead atoms. The van der Waals surface area contributed by atoms with Gasteiger partial charge in [0.1, 0.15) is 0 Å². The molecule has 27 heavy (non-hydrogen) atoms. The molecule has 2 aliphatic heterocycles. The van der Waals surface area contributed by atoms with Crippen LogP contribution in [0.1, 0.15) is 25.3 Å². The maximum atomic E-state index is 13.0. The number of nitrogens with zero attached hydrogens (tertiary/aromatic N) is 2. The normalized spacial score (nSPS) is 18.2. The van der Waals surface area contributed by atoms with Gasteiger partial charge in [-0.15, -0.1) is 6.58 Å². The predicted octanol–water partition coefficient (Wildman–Crippen LogP) is 1.30. The fourth-order valence-corrected chi connectivity index (χ4v) is 5.21. The van der Waals surface area contributed by atoms with E-state index < -0.39 is 10.0 Å². The van der Waals surface area contributed by atoms with E-state index in [4.69, 9.17) is 0 Å². The van der Waals surface area contributed by atoms with Crippen LogP contribution in [-0.4, -0.2) is 50.7 Å². The van der Waals surface area contributed by atoms with Crippen molar-refractivity contribution in [1.82, 2.24) is 9.62 Å². The molecule has 146 valence electrons. The second-order valence-corrected chi connectivity index (χ2v) is 8.86. The van der Waals surface area contributed by atoms with Gasteiger partial charge < -0.3 is 10.2 Å². The van der Waals surface area contributed by atoms with Crippen molar-refractivity contribution in [3.8, 4) is 0 Å². The number of anilines is 1. The first-order chi connectivity index (χ1) is 12.8. The van der Waals surface area contributed by atoms with Crippen LogP contribution in [0.2, 0.25) is 0 Å². The van der Waals surface area contributed by atoms with Crippen molar-refractivity contribution >= 4 is 27.5 Å². The Balaban J connectivity index is 1.70. The van der Waals surface area contributed by atoms with Crippen LogP contribution in [0.25, 0.3) is 0 Å². The molecule has 0 saturated carbocycles. The van der Waals surface area contributed by atoms with Gasteiger partial charge in [0, 0.05) is 44.7 Å². The number of hydrogen-bond acceptors (Lipinski definition) is 4. The Hall–Kier alpha value is -2.19. The molecule has 2 heterocycles. The van der Waals surface area contributed by atoms with Crippen LogP contribution in [0, 0.1) is 5.92 Å². The summed E-state index contributed by atoms with van der Waals surface area (Å²) in [6.07, 6.45) is 3.29. The lowest BCUT2D eigenvalue weighted by atomic mass is 9.97. The van der Waals surface area contributed by atoms with Gasteiger partial charge >= 0.3 is 0 Å². The number of rotatable bonds is 5. The standard InChI is InChI=1S/C19H25N3O4S/c1-3-9-20-19(24)15-6-10-21(11-7-15)27(25,26)17-4-5-18-16(13-17)8-12-22(18)14(2)23/h3-5,13,15H,1,6-12H2,2H3,(H,20,24). The third-order valence-corrected chi connectivity index (χ3v) is 7.10. The average molecular weight is 391 g/mol. The van der Waals surface area contributed by atoms with E-state index in [-0.39, 0.29) is 22.6 Å². The second kappa shape index (κ2) is 7.82. The first-order valence-corrected chi connectivity index (χ1v) is 10.6. The second-order valence-electron chi connectivity index (χ2n) is 6.92. The van der Waals surface area contributed by atoms with Crippen LogP contribution < -0.4 is 10.2 Å². The number of fused-ring (bicyclic) bond motifs is 1. The Morgan fingerprint density at radius 2 is 1.96 bits per heavy atom. The quantitative estimate of drug-likeness (QED) is 0.767.